The number of nitrogens with one attached hydrogen (secondary N) is 4. The van der Waals surface area contributed by atoms with E-state index in [0.717, 1.165) is 44.4 Å². The van der Waals surface area contributed by atoms with E-state index in [1.54, 1.807) is 30.6 Å². The largest absolute Gasteiger partial charge is 0.360 e. The monoisotopic (exact) mass is 797 g/mol. The standard InChI is InChI=1S/C25H17F2N3O.C18H17N3O4.C2H7N/c1-14-5-6-16(10-28-14)23-9-15-3-2-4-19(22(15)12-29-23)17-7-20-18(13-31)11-30-24(20)21(8-17)25(26)27;22-11-19-9-2-1-4-12-5-3-6-13-14(12)10-21(18(13)25)15-7-8-16(23)20-17(15)24;1-3-2/h2-13,25,30H,1H3;3,5-6,11,15H,2,7-10H2,(H,19,22)(H,20,23,24);3H,1-2H3. The summed E-state index contributed by atoms with van der Waals surface area (Å²) in [4.78, 5) is 70.8. The van der Waals surface area contributed by atoms with Gasteiger partial charge in [0, 0.05) is 88.8 Å². The second-order valence-corrected chi connectivity index (χ2v) is 13.8. The molecule has 2 aliphatic heterocycles. The van der Waals surface area contributed by atoms with Crippen LogP contribution < -0.4 is 16.0 Å². The zero-order valence-corrected chi connectivity index (χ0v) is 32.6. The lowest BCUT2D eigenvalue weighted by molar-refractivity contribution is -0.137. The van der Waals surface area contributed by atoms with Gasteiger partial charge in [0.15, 0.2) is 6.29 Å². The lowest BCUT2D eigenvalue weighted by Gasteiger charge is -2.29. The van der Waals surface area contributed by atoms with Crippen molar-refractivity contribution >= 4 is 52.1 Å². The summed E-state index contributed by atoms with van der Waals surface area (Å²) in [6, 6.07) is 19.5. The van der Waals surface area contributed by atoms with Crippen LogP contribution in [0.3, 0.4) is 0 Å². The highest BCUT2D eigenvalue weighted by Crippen LogP contribution is 2.37. The molecule has 4 amide bonds. The number of pyridine rings is 2. The van der Waals surface area contributed by atoms with Gasteiger partial charge in [0.05, 0.1) is 11.2 Å². The molecule has 3 aromatic carbocycles. The Morgan fingerprint density at radius 1 is 0.949 bits per heavy atom. The van der Waals surface area contributed by atoms with Gasteiger partial charge in [-0.1, -0.05) is 36.1 Å². The summed E-state index contributed by atoms with van der Waals surface area (Å²) in [7, 11) is 3.75. The van der Waals surface area contributed by atoms with Crippen molar-refractivity contribution in [2.45, 2.75) is 45.2 Å². The van der Waals surface area contributed by atoms with Gasteiger partial charge < -0.3 is 20.5 Å². The van der Waals surface area contributed by atoms with Gasteiger partial charge >= 0.3 is 0 Å². The van der Waals surface area contributed by atoms with E-state index in [1.807, 2.05) is 63.5 Å². The number of rotatable bonds is 8. The molecule has 1 saturated heterocycles. The third-order valence-corrected chi connectivity index (χ3v) is 9.78. The molecule has 300 valence electrons. The number of amides is 4. The van der Waals surface area contributed by atoms with E-state index in [4.69, 9.17) is 0 Å². The smallest absolute Gasteiger partial charge is 0.265 e. The third kappa shape index (κ3) is 9.22. The number of aromatic amines is 1. The Morgan fingerprint density at radius 2 is 1.73 bits per heavy atom. The molecular formula is C45H41F2N7O5. The van der Waals surface area contributed by atoms with Crippen LogP contribution in [0.4, 0.5) is 8.78 Å². The molecule has 0 bridgehead atoms. The van der Waals surface area contributed by atoms with Crippen LogP contribution in [0.5, 0.6) is 0 Å². The Balaban J connectivity index is 0.000000190. The van der Waals surface area contributed by atoms with Gasteiger partial charge in [-0.3, -0.25) is 39.3 Å². The van der Waals surface area contributed by atoms with Crippen molar-refractivity contribution < 1.29 is 32.8 Å². The number of halogens is 2. The number of aromatic nitrogens is 3. The fourth-order valence-corrected chi connectivity index (χ4v) is 6.96. The molecule has 0 aliphatic carbocycles. The number of aryl methyl sites for hydroxylation is 1. The fourth-order valence-electron chi connectivity index (χ4n) is 6.96. The zero-order chi connectivity index (χ0) is 42.1. The zero-order valence-electron chi connectivity index (χ0n) is 32.6. The average molecular weight is 798 g/mol. The maximum atomic E-state index is 13.8. The number of hydrogen-bond donors (Lipinski definition) is 4. The number of aldehydes is 1. The molecule has 0 radical (unpaired) electrons. The summed E-state index contributed by atoms with van der Waals surface area (Å²) in [5.74, 6) is 5.05. The second-order valence-electron chi connectivity index (χ2n) is 13.8. The predicted octanol–water partition coefficient (Wildman–Crippen LogP) is 6.27. The molecule has 1 atom stereocenters. The van der Waals surface area contributed by atoms with E-state index >= 15 is 0 Å². The Bertz CT molecular complexity index is 2610. The van der Waals surface area contributed by atoms with Crippen LogP contribution in [0.2, 0.25) is 0 Å². The molecule has 0 saturated carbocycles. The summed E-state index contributed by atoms with van der Waals surface area (Å²) < 4.78 is 27.5. The third-order valence-electron chi connectivity index (χ3n) is 9.78. The van der Waals surface area contributed by atoms with Gasteiger partial charge in [-0.15, -0.1) is 0 Å². The number of nitrogens with zero attached hydrogens (tertiary/aromatic N) is 3. The number of piperidine rings is 1. The Morgan fingerprint density at radius 3 is 2.44 bits per heavy atom. The van der Waals surface area contributed by atoms with E-state index in [2.05, 4.69) is 42.7 Å². The molecule has 12 nitrogen and oxygen atoms in total. The lowest BCUT2D eigenvalue weighted by atomic mass is 9.95. The van der Waals surface area contributed by atoms with Gasteiger partial charge in [-0.2, -0.15) is 0 Å². The first-order valence-corrected chi connectivity index (χ1v) is 18.8. The molecule has 4 N–H and O–H groups in total. The van der Waals surface area contributed by atoms with Crippen molar-refractivity contribution in [1.82, 2.24) is 35.8 Å². The summed E-state index contributed by atoms with van der Waals surface area (Å²) in [6.07, 6.45) is 4.69. The minimum absolute atomic E-state index is 0.132. The van der Waals surface area contributed by atoms with Crippen LogP contribution in [0, 0.1) is 18.8 Å². The van der Waals surface area contributed by atoms with E-state index < -0.39 is 18.4 Å². The van der Waals surface area contributed by atoms with Crippen LogP contribution in [-0.2, 0) is 20.9 Å². The molecule has 14 heteroatoms. The van der Waals surface area contributed by atoms with Crippen molar-refractivity contribution in [3.05, 3.63) is 119 Å². The normalized spacial score (nSPS) is 14.4. The average Bonchev–Trinajstić information content (AvgIpc) is 3.81. The first-order chi connectivity index (χ1) is 28.6. The molecule has 3 aromatic heterocycles. The van der Waals surface area contributed by atoms with Crippen molar-refractivity contribution in [1.29, 1.82) is 0 Å². The predicted molar refractivity (Wildman–Crippen MR) is 220 cm³/mol. The van der Waals surface area contributed by atoms with Gasteiger partial charge in [-0.05, 0) is 92.0 Å². The highest BCUT2D eigenvalue weighted by Gasteiger charge is 2.39. The van der Waals surface area contributed by atoms with E-state index in [9.17, 15) is 32.8 Å². The maximum absolute atomic E-state index is 13.8. The maximum Gasteiger partial charge on any atom is 0.265 e. The number of alkyl halides is 2. The summed E-state index contributed by atoms with van der Waals surface area (Å²) >= 11 is 0. The second kappa shape index (κ2) is 18.9. The van der Waals surface area contributed by atoms with Crippen LogP contribution in [0.15, 0.2) is 85.3 Å². The fraction of sp³-hybridized carbons (Fsp3) is 0.222. The Kier molecular flexibility index (Phi) is 13.3. The van der Waals surface area contributed by atoms with Crippen LogP contribution in [0.1, 0.15) is 68.8 Å². The Labute approximate surface area is 338 Å². The van der Waals surface area contributed by atoms with Crippen LogP contribution in [-0.4, -0.2) is 77.0 Å². The number of carbonyl (C=O) groups excluding carboxylic acids is 5. The summed E-state index contributed by atoms with van der Waals surface area (Å²) in [5.41, 5.74) is 6.60. The SMILES string of the molecule is CNC.Cc1ccc(-c2cc3cccc(-c4cc(C(F)F)c5[nH]cc(C=O)c5c4)c3cn2)cn1.O=CNCCC#Cc1cccc2c1CN(C1CCC(=O)NC1=O)C2=O. The van der Waals surface area contributed by atoms with Crippen LogP contribution in [0.25, 0.3) is 44.1 Å². The van der Waals surface area contributed by atoms with Crippen molar-refractivity contribution in [3.8, 4) is 34.2 Å². The lowest BCUT2D eigenvalue weighted by Crippen LogP contribution is -2.52. The highest BCUT2D eigenvalue weighted by molar-refractivity contribution is 6.06. The topological polar surface area (TPSA) is 166 Å². The van der Waals surface area contributed by atoms with Gasteiger partial charge in [0.25, 0.3) is 12.3 Å². The number of carbonyl (C=O) groups is 5. The minimum Gasteiger partial charge on any atom is -0.360 e. The summed E-state index contributed by atoms with van der Waals surface area (Å²) in [5, 5.41) is 9.83. The molecule has 5 heterocycles. The molecular weight excluding hydrogens is 757 g/mol. The number of benzene rings is 3. The molecule has 1 fully saturated rings. The molecule has 0 spiro atoms. The molecule has 6 aromatic rings. The van der Waals surface area contributed by atoms with E-state index in [1.165, 1.54) is 17.2 Å². The van der Waals surface area contributed by atoms with Gasteiger partial charge in [0.2, 0.25) is 18.2 Å². The van der Waals surface area contributed by atoms with Crippen molar-refractivity contribution in [2.24, 2.45) is 0 Å². The van der Waals surface area contributed by atoms with Gasteiger partial charge in [-0.25, -0.2) is 8.78 Å². The molecule has 1 unspecified atom stereocenters. The first kappa shape index (κ1) is 41.5. The number of hydrogen-bond acceptors (Lipinski definition) is 8. The van der Waals surface area contributed by atoms with E-state index in [0.29, 0.717) is 60.7 Å². The molecule has 59 heavy (non-hydrogen) atoms. The number of fused-ring (bicyclic) bond motifs is 3. The van der Waals surface area contributed by atoms with Gasteiger partial charge in [0.1, 0.15) is 6.04 Å². The van der Waals surface area contributed by atoms with Crippen molar-refractivity contribution in [3.63, 3.8) is 0 Å². The molecule has 8 rings (SSSR count). The number of imide groups is 1. The first-order valence-electron chi connectivity index (χ1n) is 18.8. The minimum atomic E-state index is -2.67. The number of H-pyrrole nitrogens is 1. The molecule has 2 aliphatic rings. The summed E-state index contributed by atoms with van der Waals surface area (Å²) in [6.45, 7) is 2.69. The van der Waals surface area contributed by atoms with E-state index in [-0.39, 0.29) is 29.3 Å². The quantitative estimate of drug-likeness (QED) is 0.0605. The Hall–Kier alpha value is -7.11. The van der Waals surface area contributed by atoms with Crippen LogP contribution >= 0.6 is 0 Å². The highest BCUT2D eigenvalue weighted by atomic mass is 19.3. The van der Waals surface area contributed by atoms with Crippen molar-refractivity contribution in [2.75, 3.05) is 20.6 Å².